The molecule has 0 aliphatic heterocycles. The second-order valence-electron chi connectivity index (χ2n) is 4.57. The quantitative estimate of drug-likeness (QED) is 0.786. The highest BCUT2D eigenvalue weighted by Gasteiger charge is 2.48. The Bertz CT molecular complexity index is 339. The number of hydrogen-bond acceptors (Lipinski definition) is 4. The largest absolute Gasteiger partial charge is 0.339 e. The van der Waals surface area contributed by atoms with Crippen LogP contribution in [-0.2, 0) is 5.41 Å². The van der Waals surface area contributed by atoms with E-state index < -0.39 is 0 Å². The van der Waals surface area contributed by atoms with Crippen molar-refractivity contribution >= 4 is 0 Å². The average Bonchev–Trinajstić information content (AvgIpc) is 2.78. The zero-order chi connectivity index (χ0) is 9.60. The van der Waals surface area contributed by atoms with Crippen LogP contribution in [0, 0.1) is 0 Å². The van der Waals surface area contributed by atoms with Gasteiger partial charge in [-0.15, -0.1) is 0 Å². The van der Waals surface area contributed by atoms with E-state index in [1.807, 2.05) is 0 Å². The third kappa shape index (κ3) is 1.10. The van der Waals surface area contributed by atoms with E-state index in [0.717, 1.165) is 24.6 Å². The molecule has 0 bridgehead atoms. The Kier molecular flexibility index (Phi) is 1.68. The van der Waals surface area contributed by atoms with Crippen LogP contribution in [0.4, 0.5) is 0 Å². The Morgan fingerprint density at radius 2 is 2.21 bits per heavy atom. The number of hydrogen-bond donors (Lipinski definition) is 1. The number of nitrogens with zero attached hydrogens (tertiary/aromatic N) is 2. The molecule has 2 aliphatic carbocycles. The van der Waals surface area contributed by atoms with Gasteiger partial charge in [0.05, 0.1) is 5.41 Å². The fraction of sp³-hybridized carbons (Fsp3) is 0.800. The van der Waals surface area contributed by atoms with E-state index in [1.165, 1.54) is 19.3 Å². The van der Waals surface area contributed by atoms with Gasteiger partial charge in [0.2, 0.25) is 5.89 Å². The van der Waals surface area contributed by atoms with Crippen LogP contribution >= 0.6 is 0 Å². The molecule has 0 amide bonds. The minimum atomic E-state index is 0.0506. The van der Waals surface area contributed by atoms with E-state index >= 15 is 0 Å². The first-order chi connectivity index (χ1) is 6.84. The molecule has 0 saturated heterocycles. The van der Waals surface area contributed by atoms with Crippen LogP contribution in [0.25, 0.3) is 0 Å². The summed E-state index contributed by atoms with van der Waals surface area (Å²) < 4.78 is 5.30. The fourth-order valence-electron chi connectivity index (χ4n) is 1.94. The van der Waals surface area contributed by atoms with Crippen molar-refractivity contribution in [1.29, 1.82) is 0 Å². The molecule has 14 heavy (non-hydrogen) atoms. The summed E-state index contributed by atoms with van der Waals surface area (Å²) in [5.41, 5.74) is 5.76. The molecule has 1 aromatic rings. The highest BCUT2D eigenvalue weighted by molar-refractivity contribution is 5.17. The van der Waals surface area contributed by atoms with Gasteiger partial charge in [-0.3, -0.25) is 0 Å². The zero-order valence-electron chi connectivity index (χ0n) is 8.20. The molecule has 0 spiro atoms. The Morgan fingerprint density at radius 1 is 1.43 bits per heavy atom. The third-order valence-electron chi connectivity index (χ3n) is 3.61. The first-order valence-corrected chi connectivity index (χ1v) is 5.38. The van der Waals surface area contributed by atoms with Crippen molar-refractivity contribution < 1.29 is 4.52 Å². The first-order valence-electron chi connectivity index (χ1n) is 5.38. The molecule has 1 aromatic heterocycles. The molecule has 0 radical (unpaired) electrons. The molecular weight excluding hydrogens is 178 g/mol. The Morgan fingerprint density at radius 3 is 2.71 bits per heavy atom. The minimum absolute atomic E-state index is 0.0506. The van der Waals surface area contributed by atoms with Crippen molar-refractivity contribution in [3.05, 3.63) is 11.7 Å². The zero-order valence-corrected chi connectivity index (χ0v) is 8.20. The lowest BCUT2D eigenvalue weighted by Gasteiger charge is -2.21. The van der Waals surface area contributed by atoms with Crippen molar-refractivity contribution in [2.45, 2.75) is 43.4 Å². The lowest BCUT2D eigenvalue weighted by Crippen LogP contribution is -2.20. The lowest BCUT2D eigenvalue weighted by molar-refractivity contribution is 0.329. The van der Waals surface area contributed by atoms with E-state index in [4.69, 9.17) is 10.3 Å². The van der Waals surface area contributed by atoms with E-state index in [1.54, 1.807) is 0 Å². The van der Waals surface area contributed by atoms with Crippen LogP contribution < -0.4 is 5.73 Å². The van der Waals surface area contributed by atoms with Crippen LogP contribution in [0.3, 0.4) is 0 Å². The fourth-order valence-corrected chi connectivity index (χ4v) is 1.94. The van der Waals surface area contributed by atoms with Gasteiger partial charge < -0.3 is 10.3 Å². The van der Waals surface area contributed by atoms with Gasteiger partial charge in [0, 0.05) is 12.5 Å². The molecule has 0 atom stereocenters. The first kappa shape index (κ1) is 8.41. The number of rotatable bonds is 3. The van der Waals surface area contributed by atoms with Crippen molar-refractivity contribution in [3.8, 4) is 0 Å². The summed E-state index contributed by atoms with van der Waals surface area (Å²) in [6.45, 7) is 0.638. The normalized spacial score (nSPS) is 24.6. The number of aromatic nitrogens is 2. The van der Waals surface area contributed by atoms with E-state index in [9.17, 15) is 0 Å². The average molecular weight is 193 g/mol. The molecule has 4 heteroatoms. The molecule has 0 unspecified atom stereocenters. The molecule has 3 rings (SSSR count). The number of nitrogens with two attached hydrogens (primary N) is 1. The second kappa shape index (κ2) is 2.79. The van der Waals surface area contributed by atoms with Crippen LogP contribution in [0.1, 0.15) is 49.7 Å². The van der Waals surface area contributed by atoms with Gasteiger partial charge in [-0.25, -0.2) is 0 Å². The van der Waals surface area contributed by atoms with Crippen molar-refractivity contribution in [2.24, 2.45) is 5.73 Å². The predicted octanol–water partition coefficient (Wildman–Crippen LogP) is 1.33. The standard InChI is InChI=1S/C10H15N3O/c11-6-10(4-5-10)9-12-8(13-14-9)7-2-1-3-7/h7H,1-6,11H2. The summed E-state index contributed by atoms with van der Waals surface area (Å²) in [5.74, 6) is 2.24. The van der Waals surface area contributed by atoms with Crippen LogP contribution in [0.2, 0.25) is 0 Å². The summed E-state index contributed by atoms with van der Waals surface area (Å²) in [5, 5.41) is 4.05. The maximum atomic E-state index is 5.70. The van der Waals surface area contributed by atoms with Crippen LogP contribution in [-0.4, -0.2) is 16.7 Å². The summed E-state index contributed by atoms with van der Waals surface area (Å²) >= 11 is 0. The van der Waals surface area contributed by atoms with E-state index in [-0.39, 0.29) is 5.41 Å². The third-order valence-corrected chi connectivity index (χ3v) is 3.61. The van der Waals surface area contributed by atoms with Gasteiger partial charge in [0.15, 0.2) is 5.82 Å². The SMILES string of the molecule is NCC1(c2nc(C3CCC3)no2)CC1. The monoisotopic (exact) mass is 193 g/mol. The van der Waals surface area contributed by atoms with Gasteiger partial charge in [0.1, 0.15) is 0 Å². The maximum absolute atomic E-state index is 5.70. The Labute approximate surface area is 82.9 Å². The molecule has 2 aliphatic rings. The highest BCUT2D eigenvalue weighted by atomic mass is 16.5. The molecule has 2 saturated carbocycles. The van der Waals surface area contributed by atoms with Crippen molar-refractivity contribution in [1.82, 2.24) is 10.1 Å². The molecule has 76 valence electrons. The topological polar surface area (TPSA) is 64.9 Å². The van der Waals surface area contributed by atoms with Crippen LogP contribution in [0.5, 0.6) is 0 Å². The predicted molar refractivity (Wildman–Crippen MR) is 50.9 cm³/mol. The molecule has 1 heterocycles. The van der Waals surface area contributed by atoms with Gasteiger partial charge in [0.25, 0.3) is 0 Å². The van der Waals surface area contributed by atoms with E-state index in [2.05, 4.69) is 10.1 Å². The van der Waals surface area contributed by atoms with Gasteiger partial charge in [-0.1, -0.05) is 11.6 Å². The minimum Gasteiger partial charge on any atom is -0.339 e. The van der Waals surface area contributed by atoms with Crippen LogP contribution in [0.15, 0.2) is 4.52 Å². The van der Waals surface area contributed by atoms with Crippen molar-refractivity contribution in [2.75, 3.05) is 6.54 Å². The molecule has 2 fully saturated rings. The van der Waals surface area contributed by atoms with Crippen molar-refractivity contribution in [3.63, 3.8) is 0 Å². The van der Waals surface area contributed by atoms with E-state index in [0.29, 0.717) is 12.5 Å². The maximum Gasteiger partial charge on any atom is 0.234 e. The Balaban J connectivity index is 1.83. The summed E-state index contributed by atoms with van der Waals surface area (Å²) in [6, 6.07) is 0. The summed E-state index contributed by atoms with van der Waals surface area (Å²) in [4.78, 5) is 4.48. The molecule has 2 N–H and O–H groups in total. The summed E-state index contributed by atoms with van der Waals surface area (Å²) in [7, 11) is 0. The Hall–Kier alpha value is -0.900. The second-order valence-corrected chi connectivity index (χ2v) is 4.57. The van der Waals surface area contributed by atoms with Gasteiger partial charge in [-0.2, -0.15) is 4.98 Å². The van der Waals surface area contributed by atoms with Gasteiger partial charge >= 0.3 is 0 Å². The highest BCUT2D eigenvalue weighted by Crippen LogP contribution is 2.47. The summed E-state index contributed by atoms with van der Waals surface area (Å²) in [6.07, 6.45) is 5.95. The molecular formula is C10H15N3O. The molecule has 0 aromatic carbocycles. The van der Waals surface area contributed by atoms with Gasteiger partial charge in [-0.05, 0) is 25.7 Å². The smallest absolute Gasteiger partial charge is 0.234 e. The molecule has 4 nitrogen and oxygen atoms in total. The lowest BCUT2D eigenvalue weighted by atomic mass is 9.85.